The minimum atomic E-state index is -1.19. The van der Waals surface area contributed by atoms with Crippen LogP contribution in [0.25, 0.3) is 0 Å². The third-order valence-corrected chi connectivity index (χ3v) is 4.64. The fourth-order valence-electron chi connectivity index (χ4n) is 3.11. The van der Waals surface area contributed by atoms with E-state index in [1.807, 2.05) is 60.7 Å². The lowest BCUT2D eigenvalue weighted by Crippen LogP contribution is -2.57. The molecular weight excluding hydrogens is 399 g/mol. The van der Waals surface area contributed by atoms with E-state index in [2.05, 4.69) is 5.23 Å². The second-order valence-electron chi connectivity index (χ2n) is 7.07. The van der Waals surface area contributed by atoms with Gasteiger partial charge in [-0.2, -0.15) is 0 Å². The lowest BCUT2D eigenvalue weighted by atomic mass is 9.87. The lowest BCUT2D eigenvalue weighted by Gasteiger charge is -2.32. The summed E-state index contributed by atoms with van der Waals surface area (Å²) < 4.78 is 10.5. The average molecular weight is 428 g/mol. The molecule has 0 aliphatic carbocycles. The number of ether oxygens (including phenoxy) is 2. The number of esters is 1. The molecule has 2 aromatic rings. The Labute approximate surface area is 182 Å². The summed E-state index contributed by atoms with van der Waals surface area (Å²) >= 11 is 0. The Hall–Kier alpha value is -2.72. The molecule has 2 aromatic carbocycles. The van der Waals surface area contributed by atoms with Crippen LogP contribution in [0.4, 0.5) is 0 Å². The average Bonchev–Trinajstić information content (AvgIpc) is 2.78. The topological polar surface area (TPSA) is 108 Å². The second kappa shape index (κ2) is 12.9. The Morgan fingerprint density at radius 1 is 1.06 bits per heavy atom. The number of methoxy groups -OCH3 is 1. The van der Waals surface area contributed by atoms with Crippen LogP contribution in [0.2, 0.25) is 6.82 Å². The molecule has 0 saturated carbocycles. The van der Waals surface area contributed by atoms with Crippen molar-refractivity contribution in [1.82, 2.24) is 10.1 Å². The molecule has 0 saturated heterocycles. The van der Waals surface area contributed by atoms with Gasteiger partial charge in [0, 0.05) is 6.54 Å². The van der Waals surface area contributed by atoms with E-state index in [1.54, 1.807) is 0 Å². The fourth-order valence-corrected chi connectivity index (χ4v) is 3.11. The maximum atomic E-state index is 13.4. The zero-order chi connectivity index (χ0) is 22.6. The van der Waals surface area contributed by atoms with Crippen LogP contribution in [0.1, 0.15) is 11.1 Å². The first-order valence-corrected chi connectivity index (χ1v) is 10.0. The van der Waals surface area contributed by atoms with Crippen LogP contribution in [0.3, 0.4) is 0 Å². The minimum Gasteiger partial charge on any atom is -0.467 e. The van der Waals surface area contributed by atoms with E-state index < -0.39 is 37.6 Å². The molecule has 3 N–H and O–H groups in total. The molecule has 0 aliphatic heterocycles. The van der Waals surface area contributed by atoms with E-state index in [-0.39, 0.29) is 19.8 Å². The third-order valence-electron chi connectivity index (χ3n) is 4.64. The van der Waals surface area contributed by atoms with E-state index in [0.717, 1.165) is 11.1 Å². The van der Waals surface area contributed by atoms with Gasteiger partial charge in [-0.15, -0.1) is 0 Å². The van der Waals surface area contributed by atoms with E-state index in [0.29, 0.717) is 0 Å². The number of aliphatic hydroxyl groups is 1. The van der Waals surface area contributed by atoms with Crippen molar-refractivity contribution in [3.8, 4) is 0 Å². The minimum absolute atomic E-state index is 0.0385. The highest BCUT2D eigenvalue weighted by atomic mass is 16.5. The van der Waals surface area contributed by atoms with Crippen molar-refractivity contribution in [1.29, 1.82) is 0 Å². The molecule has 0 spiro atoms. The van der Waals surface area contributed by atoms with Gasteiger partial charge >= 0.3 is 13.0 Å². The van der Waals surface area contributed by atoms with Gasteiger partial charge in [-0.05, 0) is 17.9 Å². The second-order valence-corrected chi connectivity index (χ2v) is 7.07. The first-order valence-electron chi connectivity index (χ1n) is 10.0. The van der Waals surface area contributed by atoms with Crippen LogP contribution in [0.15, 0.2) is 60.7 Å². The summed E-state index contributed by atoms with van der Waals surface area (Å²) in [6, 6.07) is 16.5. The summed E-state index contributed by atoms with van der Waals surface area (Å²) in [4.78, 5) is 26.9. The van der Waals surface area contributed by atoms with Crippen LogP contribution in [0, 0.1) is 0 Å². The van der Waals surface area contributed by atoms with Gasteiger partial charge in [-0.3, -0.25) is 4.79 Å². The summed E-state index contributed by atoms with van der Waals surface area (Å²) in [5.74, 6) is -1.23. The van der Waals surface area contributed by atoms with Gasteiger partial charge in [0.15, 0.2) is 6.04 Å². The number of carbonyl (C=O) groups excluding carboxylic acids is 2. The number of benzene rings is 2. The first-order chi connectivity index (χ1) is 15.0. The molecule has 31 heavy (non-hydrogen) atoms. The van der Waals surface area contributed by atoms with Crippen LogP contribution in [-0.4, -0.2) is 66.4 Å². The number of nitrogens with zero attached hydrogens (tertiary/aromatic N) is 1. The summed E-state index contributed by atoms with van der Waals surface area (Å²) in [5.41, 5.74) is 1.72. The zero-order valence-corrected chi connectivity index (χ0v) is 17.8. The van der Waals surface area contributed by atoms with Crippen molar-refractivity contribution in [2.24, 2.45) is 0 Å². The molecule has 0 aliphatic rings. The van der Waals surface area contributed by atoms with Gasteiger partial charge < -0.3 is 29.7 Å². The molecular formula is C22H29BN2O6. The Balaban J connectivity index is 2.21. The SMILES string of the molecule is COC(=O)[C@H](CO)N(Cc1ccccc1)C(=O)[C@@H](COCc1ccccc1)NB(C)O. The highest BCUT2D eigenvalue weighted by Crippen LogP contribution is 2.13. The molecule has 8 nitrogen and oxygen atoms in total. The molecule has 9 heteroatoms. The number of hydrogen-bond acceptors (Lipinski definition) is 7. The molecule has 0 radical (unpaired) electrons. The van der Waals surface area contributed by atoms with Crippen molar-refractivity contribution >= 4 is 18.9 Å². The number of rotatable bonds is 12. The van der Waals surface area contributed by atoms with E-state index in [1.165, 1.54) is 18.8 Å². The van der Waals surface area contributed by atoms with E-state index >= 15 is 0 Å². The molecule has 0 unspecified atom stereocenters. The van der Waals surface area contributed by atoms with Crippen LogP contribution in [-0.2, 0) is 32.2 Å². The number of amides is 1. The van der Waals surface area contributed by atoms with Gasteiger partial charge in [0.25, 0.3) is 0 Å². The summed E-state index contributed by atoms with van der Waals surface area (Å²) in [7, 11) is 0.212. The molecule has 2 atom stereocenters. The molecule has 166 valence electrons. The molecule has 0 aromatic heterocycles. The highest BCUT2D eigenvalue weighted by molar-refractivity contribution is 6.46. The largest absolute Gasteiger partial charge is 0.467 e. The molecule has 0 heterocycles. The maximum absolute atomic E-state index is 13.4. The Morgan fingerprint density at radius 3 is 2.16 bits per heavy atom. The van der Waals surface area contributed by atoms with Crippen molar-refractivity contribution in [3.05, 3.63) is 71.8 Å². The molecule has 0 fully saturated rings. The number of carbonyl (C=O) groups is 2. The fraction of sp³-hybridized carbons (Fsp3) is 0.364. The van der Waals surface area contributed by atoms with Crippen molar-refractivity contribution in [3.63, 3.8) is 0 Å². The Kier molecular flexibility index (Phi) is 10.2. The number of hydrogen-bond donors (Lipinski definition) is 3. The summed E-state index contributed by atoms with van der Waals surface area (Å²) in [6.45, 7) is 1.21. The molecule has 0 bridgehead atoms. The van der Waals surface area contributed by atoms with Gasteiger partial charge in [0.05, 0.1) is 26.9 Å². The quantitative estimate of drug-likeness (QED) is 0.340. The molecule has 2 rings (SSSR count). The smallest absolute Gasteiger partial charge is 0.374 e. The van der Waals surface area contributed by atoms with Crippen LogP contribution >= 0.6 is 0 Å². The zero-order valence-electron chi connectivity index (χ0n) is 17.8. The number of nitrogens with one attached hydrogen (secondary N) is 1. The summed E-state index contributed by atoms with van der Waals surface area (Å²) in [6.07, 6.45) is 0. The van der Waals surface area contributed by atoms with Gasteiger partial charge in [-0.25, -0.2) is 4.79 Å². The van der Waals surface area contributed by atoms with Crippen molar-refractivity contribution in [2.45, 2.75) is 32.1 Å². The van der Waals surface area contributed by atoms with E-state index in [9.17, 15) is 19.7 Å². The monoisotopic (exact) mass is 428 g/mol. The summed E-state index contributed by atoms with van der Waals surface area (Å²) in [5, 5.41) is 22.4. The first kappa shape index (κ1) is 24.6. The van der Waals surface area contributed by atoms with Crippen LogP contribution < -0.4 is 5.23 Å². The van der Waals surface area contributed by atoms with Crippen LogP contribution in [0.5, 0.6) is 0 Å². The van der Waals surface area contributed by atoms with Gasteiger partial charge in [0.1, 0.15) is 6.04 Å². The van der Waals surface area contributed by atoms with Gasteiger partial charge in [-0.1, -0.05) is 60.7 Å². The predicted octanol–water partition coefficient (Wildman–Crippen LogP) is 0.834. The van der Waals surface area contributed by atoms with Gasteiger partial charge in [0.2, 0.25) is 5.91 Å². The number of aliphatic hydroxyl groups excluding tert-OH is 1. The highest BCUT2D eigenvalue weighted by Gasteiger charge is 2.35. The van der Waals surface area contributed by atoms with E-state index in [4.69, 9.17) is 9.47 Å². The maximum Gasteiger partial charge on any atom is 0.374 e. The third kappa shape index (κ3) is 7.80. The Morgan fingerprint density at radius 2 is 1.65 bits per heavy atom. The lowest BCUT2D eigenvalue weighted by molar-refractivity contribution is -0.156. The normalized spacial score (nSPS) is 12.6. The Bertz CT molecular complexity index is 806. The molecule has 1 amide bonds. The van der Waals surface area contributed by atoms with Crippen molar-refractivity contribution in [2.75, 3.05) is 20.3 Å². The van der Waals surface area contributed by atoms with Crippen molar-refractivity contribution < 1.29 is 29.2 Å². The standard InChI is InChI=1S/C22H29BN2O6/c1-23(29)24-19(16-31-15-18-11-7-4-8-12-18)21(27)25(20(14-26)22(28)30-2)13-17-9-5-3-6-10-17/h3-12,19-20,24,26,29H,13-16H2,1-2H3/t19-,20+/m1/s1. The predicted molar refractivity (Wildman–Crippen MR) is 117 cm³/mol.